The van der Waals surface area contributed by atoms with E-state index in [-0.39, 0.29) is 24.0 Å². The molecule has 0 bridgehead atoms. The van der Waals surface area contributed by atoms with Gasteiger partial charge in [-0.2, -0.15) is 4.98 Å². The van der Waals surface area contributed by atoms with Crippen molar-refractivity contribution in [1.82, 2.24) is 25.8 Å². The number of nitrogens with zero attached hydrogens (tertiary/aromatic N) is 4. The summed E-state index contributed by atoms with van der Waals surface area (Å²) in [6.07, 6.45) is 3.44. The summed E-state index contributed by atoms with van der Waals surface area (Å²) in [6, 6.07) is 0. The molecule has 0 aliphatic carbocycles. The van der Waals surface area contributed by atoms with Gasteiger partial charge in [0.2, 0.25) is 5.89 Å². The van der Waals surface area contributed by atoms with Gasteiger partial charge in [0.05, 0.1) is 5.01 Å². The summed E-state index contributed by atoms with van der Waals surface area (Å²) in [5.74, 6) is 2.10. The molecule has 2 rings (SSSR count). The van der Waals surface area contributed by atoms with Gasteiger partial charge in [-0.15, -0.1) is 35.3 Å². The molecule has 0 saturated heterocycles. The lowest BCUT2D eigenvalue weighted by molar-refractivity contribution is 0.374. The van der Waals surface area contributed by atoms with Crippen LogP contribution in [0.25, 0.3) is 0 Å². The number of halogens is 1. The van der Waals surface area contributed by atoms with Crippen LogP contribution in [0.2, 0.25) is 0 Å². The molecule has 0 aromatic carbocycles. The van der Waals surface area contributed by atoms with Crippen LogP contribution >= 0.6 is 35.3 Å². The molecule has 0 unspecified atom stereocenters. The molecule has 0 amide bonds. The highest BCUT2D eigenvalue weighted by molar-refractivity contribution is 14.0. The molecular formula is C14H23IN6OS. The van der Waals surface area contributed by atoms with Crippen molar-refractivity contribution in [1.29, 1.82) is 0 Å². The first kappa shape index (κ1) is 19.8. The third-order valence-electron chi connectivity index (χ3n) is 2.81. The Morgan fingerprint density at radius 2 is 2.13 bits per heavy atom. The second-order valence-electron chi connectivity index (χ2n) is 4.79. The number of guanidine groups is 1. The topological polar surface area (TPSA) is 88.2 Å². The Labute approximate surface area is 157 Å². The number of hydrogen-bond acceptors (Lipinski definition) is 6. The SMILES string of the molecule is CCNC(=NCCc1ncc(C)s1)NCCc1nc(C)no1.I. The highest BCUT2D eigenvalue weighted by Crippen LogP contribution is 2.11. The van der Waals surface area contributed by atoms with E-state index in [4.69, 9.17) is 4.52 Å². The van der Waals surface area contributed by atoms with Crippen LogP contribution in [-0.2, 0) is 12.8 Å². The monoisotopic (exact) mass is 450 g/mol. The molecule has 0 aliphatic rings. The molecule has 7 nitrogen and oxygen atoms in total. The van der Waals surface area contributed by atoms with Gasteiger partial charge in [-0.1, -0.05) is 5.16 Å². The molecule has 0 fully saturated rings. The molecule has 2 N–H and O–H groups in total. The van der Waals surface area contributed by atoms with E-state index in [1.165, 1.54) is 4.88 Å². The van der Waals surface area contributed by atoms with Crippen LogP contribution in [0.15, 0.2) is 15.7 Å². The van der Waals surface area contributed by atoms with Crippen molar-refractivity contribution in [3.05, 3.63) is 27.8 Å². The van der Waals surface area contributed by atoms with E-state index < -0.39 is 0 Å². The van der Waals surface area contributed by atoms with Crippen molar-refractivity contribution in [3.63, 3.8) is 0 Å². The predicted octanol–water partition coefficient (Wildman–Crippen LogP) is 2.10. The summed E-state index contributed by atoms with van der Waals surface area (Å²) in [5, 5.41) is 11.4. The highest BCUT2D eigenvalue weighted by atomic mass is 127. The van der Waals surface area contributed by atoms with Crippen molar-refractivity contribution in [2.45, 2.75) is 33.6 Å². The zero-order valence-corrected chi connectivity index (χ0v) is 16.8. The van der Waals surface area contributed by atoms with Crippen molar-refractivity contribution >= 4 is 41.3 Å². The summed E-state index contributed by atoms with van der Waals surface area (Å²) >= 11 is 1.72. The third kappa shape index (κ3) is 7.25. The van der Waals surface area contributed by atoms with Gasteiger partial charge in [0, 0.05) is 43.5 Å². The van der Waals surface area contributed by atoms with Crippen LogP contribution in [-0.4, -0.2) is 40.7 Å². The molecule has 0 atom stereocenters. The van der Waals surface area contributed by atoms with Gasteiger partial charge in [-0.25, -0.2) is 4.98 Å². The van der Waals surface area contributed by atoms with Gasteiger partial charge < -0.3 is 15.2 Å². The summed E-state index contributed by atoms with van der Waals surface area (Å²) in [5.41, 5.74) is 0. The molecule has 2 heterocycles. The Balaban J connectivity index is 0.00000264. The van der Waals surface area contributed by atoms with Crippen LogP contribution in [0.1, 0.15) is 28.5 Å². The van der Waals surface area contributed by atoms with Gasteiger partial charge >= 0.3 is 0 Å². The number of nitrogens with one attached hydrogen (secondary N) is 2. The van der Waals surface area contributed by atoms with Gasteiger partial charge in [0.25, 0.3) is 0 Å². The second kappa shape index (κ2) is 10.5. The molecule has 2 aromatic rings. The zero-order chi connectivity index (χ0) is 15.8. The molecule has 9 heteroatoms. The van der Waals surface area contributed by atoms with Crippen LogP contribution < -0.4 is 10.6 Å². The summed E-state index contributed by atoms with van der Waals surface area (Å²) in [4.78, 5) is 14.3. The van der Waals surface area contributed by atoms with Crippen LogP contribution in [0.5, 0.6) is 0 Å². The lowest BCUT2D eigenvalue weighted by Gasteiger charge is -2.09. The molecular weight excluding hydrogens is 427 g/mol. The zero-order valence-electron chi connectivity index (χ0n) is 13.6. The average molecular weight is 450 g/mol. The smallest absolute Gasteiger partial charge is 0.228 e. The Bertz CT molecular complexity index is 612. The van der Waals surface area contributed by atoms with E-state index in [0.717, 1.165) is 23.9 Å². The van der Waals surface area contributed by atoms with E-state index in [2.05, 4.69) is 37.7 Å². The first-order valence-electron chi connectivity index (χ1n) is 7.40. The maximum absolute atomic E-state index is 5.08. The first-order chi connectivity index (χ1) is 10.7. The minimum atomic E-state index is 0. The normalized spacial score (nSPS) is 11.2. The molecule has 0 saturated carbocycles. The number of aromatic nitrogens is 3. The molecule has 128 valence electrons. The Kier molecular flexibility index (Phi) is 9.07. The number of rotatable bonds is 7. The second-order valence-corrected chi connectivity index (χ2v) is 6.11. The van der Waals surface area contributed by atoms with Crippen molar-refractivity contribution in [2.75, 3.05) is 19.6 Å². The largest absolute Gasteiger partial charge is 0.357 e. The molecule has 0 radical (unpaired) electrons. The van der Waals surface area contributed by atoms with Gasteiger partial charge in [-0.05, 0) is 20.8 Å². The maximum Gasteiger partial charge on any atom is 0.228 e. The number of aliphatic imine (C=N–C) groups is 1. The maximum atomic E-state index is 5.08. The fraction of sp³-hybridized carbons (Fsp3) is 0.571. The predicted molar refractivity (Wildman–Crippen MR) is 103 cm³/mol. The van der Waals surface area contributed by atoms with Gasteiger partial charge in [-0.3, -0.25) is 4.99 Å². The standard InChI is InChI=1S/C14H22N6OS.HI/c1-4-15-14(16-7-5-12-19-11(3)20-21-12)17-8-6-13-18-9-10(2)22-13;/h9H,4-8H2,1-3H3,(H2,15,16,17);1H. The van der Waals surface area contributed by atoms with E-state index in [0.29, 0.717) is 31.2 Å². The average Bonchev–Trinajstić information content (AvgIpc) is 3.08. The first-order valence-corrected chi connectivity index (χ1v) is 8.21. The summed E-state index contributed by atoms with van der Waals surface area (Å²) in [7, 11) is 0. The van der Waals surface area contributed by atoms with Crippen molar-refractivity contribution in [2.24, 2.45) is 4.99 Å². The van der Waals surface area contributed by atoms with Crippen molar-refractivity contribution in [3.8, 4) is 0 Å². The lowest BCUT2D eigenvalue weighted by Crippen LogP contribution is -2.38. The van der Waals surface area contributed by atoms with Crippen molar-refractivity contribution < 1.29 is 4.52 Å². The number of thiazole rings is 1. The third-order valence-corrected chi connectivity index (χ3v) is 3.78. The van der Waals surface area contributed by atoms with Gasteiger partial charge in [0.1, 0.15) is 0 Å². The fourth-order valence-electron chi connectivity index (χ4n) is 1.85. The molecule has 0 spiro atoms. The van der Waals surface area contributed by atoms with Crippen LogP contribution in [0, 0.1) is 13.8 Å². The van der Waals surface area contributed by atoms with E-state index in [9.17, 15) is 0 Å². The minimum Gasteiger partial charge on any atom is -0.357 e. The van der Waals surface area contributed by atoms with E-state index in [1.54, 1.807) is 11.3 Å². The fourth-order valence-corrected chi connectivity index (χ4v) is 2.63. The number of hydrogen-bond donors (Lipinski definition) is 2. The van der Waals surface area contributed by atoms with Crippen LogP contribution in [0.3, 0.4) is 0 Å². The Morgan fingerprint density at radius 1 is 1.30 bits per heavy atom. The van der Waals surface area contributed by atoms with Crippen LogP contribution in [0.4, 0.5) is 0 Å². The molecule has 2 aromatic heterocycles. The molecule has 23 heavy (non-hydrogen) atoms. The number of aryl methyl sites for hydroxylation is 2. The summed E-state index contributed by atoms with van der Waals surface area (Å²) < 4.78 is 5.08. The van der Waals surface area contributed by atoms with Gasteiger partial charge in [0.15, 0.2) is 11.8 Å². The minimum absolute atomic E-state index is 0. The Hall–Kier alpha value is -1.23. The highest BCUT2D eigenvalue weighted by Gasteiger charge is 2.03. The quantitative estimate of drug-likeness (QED) is 0.382. The summed E-state index contributed by atoms with van der Waals surface area (Å²) in [6.45, 7) is 8.15. The molecule has 0 aliphatic heterocycles. The van der Waals surface area contributed by atoms with E-state index in [1.807, 2.05) is 20.0 Å². The van der Waals surface area contributed by atoms with E-state index >= 15 is 0 Å². The lowest BCUT2D eigenvalue weighted by atomic mass is 10.4. The Morgan fingerprint density at radius 3 is 2.74 bits per heavy atom.